The van der Waals surface area contributed by atoms with Gasteiger partial charge in [0.15, 0.2) is 9.84 Å². The van der Waals surface area contributed by atoms with Gasteiger partial charge in [0.25, 0.3) is 0 Å². The number of sulfonamides is 1. The molecule has 3 rings (SSSR count). The molecule has 13 heteroatoms. The lowest BCUT2D eigenvalue weighted by molar-refractivity contribution is -0.0157. The van der Waals surface area contributed by atoms with Crippen molar-refractivity contribution in [1.29, 1.82) is 0 Å². The van der Waals surface area contributed by atoms with Crippen LogP contribution in [0.4, 0.5) is 4.79 Å². The fourth-order valence-electron chi connectivity index (χ4n) is 3.36. The van der Waals surface area contributed by atoms with Crippen LogP contribution in [0.15, 0.2) is 44.8 Å². The van der Waals surface area contributed by atoms with Crippen LogP contribution in [-0.4, -0.2) is 52.4 Å². The number of carbonyl (C=O) groups excluding carboxylic acids is 2. The van der Waals surface area contributed by atoms with E-state index in [9.17, 15) is 26.4 Å². The van der Waals surface area contributed by atoms with Crippen LogP contribution in [0.25, 0.3) is 0 Å². The number of benzene rings is 1. The van der Waals surface area contributed by atoms with Gasteiger partial charge in [0.05, 0.1) is 16.9 Å². The Morgan fingerprint density at radius 2 is 1.88 bits per heavy atom. The van der Waals surface area contributed by atoms with Gasteiger partial charge in [0.2, 0.25) is 16.8 Å². The van der Waals surface area contributed by atoms with Gasteiger partial charge in [-0.2, -0.15) is 0 Å². The molecule has 0 radical (unpaired) electrons. The number of esters is 1. The first kappa shape index (κ1) is 24.2. The fraction of sp³-hybridized carbons (Fsp3) is 0.368. The molecule has 2 atom stereocenters. The summed E-state index contributed by atoms with van der Waals surface area (Å²) in [6, 6.07) is 8.59. The normalized spacial score (nSPS) is 19.6. The first-order valence-corrected chi connectivity index (χ1v) is 13.4. The van der Waals surface area contributed by atoms with Crippen molar-refractivity contribution in [3.05, 3.63) is 47.5 Å². The SMILES string of the molecule is CCN(C(=O)OCOC(=O)c1ccccc1)[C@H]1C[C@H](C)S(=O)(=O)c2sc(S(N)(=O)=O)cc21. The second kappa shape index (κ2) is 9.17. The van der Waals surface area contributed by atoms with E-state index in [0.29, 0.717) is 16.9 Å². The molecule has 1 aromatic carbocycles. The third-order valence-corrected chi connectivity index (χ3v) is 10.3. The summed E-state index contributed by atoms with van der Waals surface area (Å²) < 4.78 is 58.6. The number of rotatable bonds is 6. The largest absolute Gasteiger partial charge is 0.424 e. The van der Waals surface area contributed by atoms with Crippen LogP contribution in [0.3, 0.4) is 0 Å². The Bertz CT molecular complexity index is 1220. The Labute approximate surface area is 189 Å². The van der Waals surface area contributed by atoms with E-state index in [0.717, 1.165) is 0 Å². The van der Waals surface area contributed by atoms with Gasteiger partial charge in [-0.05, 0) is 38.5 Å². The van der Waals surface area contributed by atoms with Crippen LogP contribution in [-0.2, 0) is 29.3 Å². The maximum Gasteiger partial charge on any atom is 0.413 e. The van der Waals surface area contributed by atoms with Gasteiger partial charge >= 0.3 is 12.1 Å². The van der Waals surface area contributed by atoms with Gasteiger partial charge in [-0.3, -0.25) is 0 Å². The second-order valence-corrected chi connectivity index (χ2v) is 12.5. The third-order valence-electron chi connectivity index (χ3n) is 5.02. The highest BCUT2D eigenvalue weighted by atomic mass is 32.3. The minimum absolute atomic E-state index is 0.0445. The van der Waals surface area contributed by atoms with Crippen molar-refractivity contribution in [3.63, 3.8) is 0 Å². The van der Waals surface area contributed by atoms with Crippen molar-refractivity contribution < 1.29 is 35.9 Å². The first-order chi connectivity index (χ1) is 15.0. The van der Waals surface area contributed by atoms with Gasteiger partial charge in [0.1, 0.15) is 8.42 Å². The van der Waals surface area contributed by atoms with Crippen LogP contribution in [0, 0.1) is 0 Å². The summed E-state index contributed by atoms with van der Waals surface area (Å²) in [7, 11) is -7.90. The zero-order valence-corrected chi connectivity index (χ0v) is 19.7. The summed E-state index contributed by atoms with van der Waals surface area (Å²) in [5, 5.41) is 4.33. The summed E-state index contributed by atoms with van der Waals surface area (Å²) in [4.78, 5) is 25.9. The molecule has 2 N–H and O–H groups in total. The molecule has 0 spiro atoms. The number of nitrogens with zero attached hydrogens (tertiary/aromatic N) is 1. The number of hydrogen-bond donors (Lipinski definition) is 1. The smallest absolute Gasteiger partial charge is 0.413 e. The molecule has 1 aliphatic heterocycles. The quantitative estimate of drug-likeness (QED) is 0.467. The molecule has 2 heterocycles. The number of sulfone groups is 1. The first-order valence-electron chi connectivity index (χ1n) is 9.52. The minimum atomic E-state index is -4.13. The molecule has 0 saturated carbocycles. The molecular weight excluding hydrogens is 480 g/mol. The summed E-state index contributed by atoms with van der Waals surface area (Å²) in [6.07, 6.45) is -0.790. The molecule has 0 fully saturated rings. The van der Waals surface area contributed by atoms with Crippen molar-refractivity contribution in [2.75, 3.05) is 13.3 Å². The van der Waals surface area contributed by atoms with Crippen molar-refractivity contribution >= 4 is 43.3 Å². The van der Waals surface area contributed by atoms with E-state index >= 15 is 0 Å². The Morgan fingerprint density at radius 1 is 1.22 bits per heavy atom. The summed E-state index contributed by atoms with van der Waals surface area (Å²) in [6.45, 7) is 2.66. The molecule has 1 aromatic heterocycles. The van der Waals surface area contributed by atoms with Crippen molar-refractivity contribution in [2.45, 2.75) is 40.0 Å². The topological polar surface area (TPSA) is 150 Å². The molecular formula is C19H22N2O8S3. The number of thiophene rings is 1. The molecule has 0 saturated heterocycles. The zero-order chi connectivity index (χ0) is 23.7. The maximum atomic E-state index is 12.7. The van der Waals surface area contributed by atoms with Gasteiger partial charge in [-0.25, -0.2) is 31.6 Å². The van der Waals surface area contributed by atoms with Crippen LogP contribution in [0.2, 0.25) is 0 Å². The second-order valence-electron chi connectivity index (χ2n) is 7.07. The molecule has 2 aromatic rings. The lowest BCUT2D eigenvalue weighted by Crippen LogP contribution is -2.40. The van der Waals surface area contributed by atoms with E-state index in [2.05, 4.69) is 0 Å². The summed E-state index contributed by atoms with van der Waals surface area (Å²) in [5.41, 5.74) is 0.470. The highest BCUT2D eigenvalue weighted by Gasteiger charge is 2.42. The average Bonchev–Trinajstić information content (AvgIpc) is 3.20. The molecule has 1 amide bonds. The predicted octanol–water partition coefficient (Wildman–Crippen LogP) is 2.28. The van der Waals surface area contributed by atoms with E-state index in [-0.39, 0.29) is 26.9 Å². The van der Waals surface area contributed by atoms with E-state index < -0.39 is 50.0 Å². The van der Waals surface area contributed by atoms with Gasteiger partial charge in [0, 0.05) is 12.1 Å². The number of hydrogen-bond acceptors (Lipinski definition) is 9. The highest BCUT2D eigenvalue weighted by Crippen LogP contribution is 2.45. The van der Waals surface area contributed by atoms with E-state index in [1.807, 2.05) is 0 Å². The monoisotopic (exact) mass is 502 g/mol. The number of primary sulfonamides is 1. The van der Waals surface area contributed by atoms with Crippen molar-refractivity contribution in [3.8, 4) is 0 Å². The Balaban J connectivity index is 1.80. The third kappa shape index (κ3) is 4.80. The number of amides is 1. The Kier molecular flexibility index (Phi) is 6.93. The molecule has 32 heavy (non-hydrogen) atoms. The molecule has 1 aliphatic rings. The van der Waals surface area contributed by atoms with Crippen LogP contribution >= 0.6 is 11.3 Å². The number of carbonyl (C=O) groups is 2. The van der Waals surface area contributed by atoms with E-state index in [1.54, 1.807) is 37.3 Å². The van der Waals surface area contributed by atoms with Crippen molar-refractivity contribution in [1.82, 2.24) is 4.90 Å². The molecule has 174 valence electrons. The van der Waals surface area contributed by atoms with Gasteiger partial charge < -0.3 is 14.4 Å². The average molecular weight is 503 g/mol. The maximum absolute atomic E-state index is 12.7. The summed E-state index contributed by atoms with van der Waals surface area (Å²) >= 11 is 0.567. The van der Waals surface area contributed by atoms with Gasteiger partial charge in [-0.1, -0.05) is 18.2 Å². The van der Waals surface area contributed by atoms with Crippen LogP contribution in [0.1, 0.15) is 42.2 Å². The number of fused-ring (bicyclic) bond motifs is 1. The molecule has 0 unspecified atom stereocenters. The zero-order valence-electron chi connectivity index (χ0n) is 17.3. The lowest BCUT2D eigenvalue weighted by Gasteiger charge is -2.35. The summed E-state index contributed by atoms with van der Waals surface area (Å²) in [5.74, 6) is -0.670. The van der Waals surface area contributed by atoms with E-state index in [1.165, 1.54) is 17.9 Å². The van der Waals surface area contributed by atoms with Crippen molar-refractivity contribution in [2.24, 2.45) is 5.14 Å². The minimum Gasteiger partial charge on any atom is -0.424 e. The van der Waals surface area contributed by atoms with E-state index in [4.69, 9.17) is 14.6 Å². The Hall–Kier alpha value is -2.48. The van der Waals surface area contributed by atoms with Gasteiger partial charge in [-0.15, -0.1) is 11.3 Å². The fourth-order valence-corrected chi connectivity index (χ4v) is 7.75. The molecule has 0 bridgehead atoms. The van der Waals surface area contributed by atoms with Crippen LogP contribution in [0.5, 0.6) is 0 Å². The molecule has 10 nitrogen and oxygen atoms in total. The van der Waals surface area contributed by atoms with Crippen LogP contribution < -0.4 is 5.14 Å². The highest BCUT2D eigenvalue weighted by molar-refractivity contribution is 7.95. The number of nitrogens with two attached hydrogens (primary N) is 1. The predicted molar refractivity (Wildman–Crippen MR) is 115 cm³/mol. The standard InChI is InChI=1S/C19H22N2O8S3/c1-3-21(19(23)29-11-28-17(22)13-7-5-4-6-8-13)15-9-12(2)31(24,25)18-14(15)10-16(30-18)32(20,26)27/h4-8,10,12,15H,3,9,11H2,1-2H3,(H2,20,26,27)/t12-,15-/m0/s1. The Morgan fingerprint density at radius 3 is 2.47 bits per heavy atom. The number of ether oxygens (including phenoxy) is 2. The lowest BCUT2D eigenvalue weighted by atomic mass is 10.0. The molecule has 0 aliphatic carbocycles.